The van der Waals surface area contributed by atoms with Crippen molar-refractivity contribution in [1.29, 1.82) is 0 Å². The Hall–Kier alpha value is -3.40. The average molecular weight is 343 g/mol. The van der Waals surface area contributed by atoms with Crippen LogP contribution in [0.3, 0.4) is 0 Å². The summed E-state index contributed by atoms with van der Waals surface area (Å²) in [6.45, 7) is 0.450. The molecule has 0 unspecified atom stereocenters. The van der Waals surface area contributed by atoms with Crippen LogP contribution in [0.15, 0.2) is 83.9 Å². The number of carbonyl (C=O) groups excluding carboxylic acids is 1. The topological polar surface area (TPSA) is 67.5 Å². The van der Waals surface area contributed by atoms with E-state index in [0.29, 0.717) is 17.9 Å². The SMILES string of the molecule is CN=C(N)c1ccc(CNC(=O)c2ccccc2-c2ccccc2)cc1. The lowest BCUT2D eigenvalue weighted by atomic mass is 9.99. The first kappa shape index (κ1) is 17.4. The lowest BCUT2D eigenvalue weighted by molar-refractivity contribution is 0.0951. The quantitative estimate of drug-likeness (QED) is 0.549. The highest BCUT2D eigenvalue weighted by molar-refractivity contribution is 6.01. The van der Waals surface area contributed by atoms with Crippen LogP contribution in [0.25, 0.3) is 11.1 Å². The van der Waals surface area contributed by atoms with Crippen LogP contribution in [0.1, 0.15) is 21.5 Å². The third kappa shape index (κ3) is 3.98. The van der Waals surface area contributed by atoms with Gasteiger partial charge in [0.1, 0.15) is 5.84 Å². The molecule has 0 saturated heterocycles. The van der Waals surface area contributed by atoms with Crippen LogP contribution in [0, 0.1) is 0 Å². The molecular formula is C22H21N3O. The predicted octanol–water partition coefficient (Wildman–Crippen LogP) is 3.62. The molecule has 0 aliphatic heterocycles. The number of carbonyl (C=O) groups is 1. The van der Waals surface area contributed by atoms with Crippen molar-refractivity contribution in [2.45, 2.75) is 6.54 Å². The van der Waals surface area contributed by atoms with E-state index in [1.807, 2.05) is 78.9 Å². The lowest BCUT2D eigenvalue weighted by Gasteiger charge is -2.11. The van der Waals surface area contributed by atoms with Gasteiger partial charge in [0.25, 0.3) is 5.91 Å². The fourth-order valence-corrected chi connectivity index (χ4v) is 2.75. The van der Waals surface area contributed by atoms with Crippen molar-refractivity contribution in [3.63, 3.8) is 0 Å². The van der Waals surface area contributed by atoms with Crippen molar-refractivity contribution in [2.24, 2.45) is 10.7 Å². The Kier molecular flexibility index (Phi) is 5.44. The van der Waals surface area contributed by atoms with Crippen LogP contribution in [-0.4, -0.2) is 18.8 Å². The molecule has 3 aromatic rings. The number of amidine groups is 1. The van der Waals surface area contributed by atoms with Crippen molar-refractivity contribution in [3.05, 3.63) is 95.6 Å². The number of hydrogen-bond acceptors (Lipinski definition) is 2. The van der Waals surface area contributed by atoms with E-state index < -0.39 is 0 Å². The molecule has 3 rings (SSSR count). The molecule has 26 heavy (non-hydrogen) atoms. The normalized spacial score (nSPS) is 11.2. The van der Waals surface area contributed by atoms with Crippen LogP contribution in [0.4, 0.5) is 0 Å². The maximum atomic E-state index is 12.7. The molecule has 0 aromatic heterocycles. The summed E-state index contributed by atoms with van der Waals surface area (Å²) in [6.07, 6.45) is 0. The molecule has 0 fully saturated rings. The van der Waals surface area contributed by atoms with Crippen molar-refractivity contribution in [1.82, 2.24) is 5.32 Å². The standard InChI is InChI=1S/C22H21N3O/c1-24-21(23)18-13-11-16(12-14-18)15-25-22(26)20-10-6-5-9-19(20)17-7-3-2-4-8-17/h2-14H,15H2,1H3,(H2,23,24)(H,25,26). The van der Waals surface area contributed by atoms with E-state index in [9.17, 15) is 4.79 Å². The van der Waals surface area contributed by atoms with E-state index in [1.165, 1.54) is 0 Å². The Bertz CT molecular complexity index is 916. The Labute approximate surface area is 153 Å². The van der Waals surface area contributed by atoms with Gasteiger partial charge in [-0.3, -0.25) is 9.79 Å². The van der Waals surface area contributed by atoms with Gasteiger partial charge in [-0.15, -0.1) is 0 Å². The van der Waals surface area contributed by atoms with E-state index in [2.05, 4.69) is 10.3 Å². The van der Waals surface area contributed by atoms with Crippen molar-refractivity contribution in [2.75, 3.05) is 7.05 Å². The minimum Gasteiger partial charge on any atom is -0.384 e. The van der Waals surface area contributed by atoms with Gasteiger partial charge in [0.15, 0.2) is 0 Å². The first-order valence-electron chi connectivity index (χ1n) is 8.43. The zero-order valence-electron chi connectivity index (χ0n) is 14.6. The van der Waals surface area contributed by atoms with Crippen LogP contribution in [-0.2, 0) is 6.54 Å². The van der Waals surface area contributed by atoms with E-state index in [4.69, 9.17) is 5.73 Å². The van der Waals surface area contributed by atoms with E-state index in [1.54, 1.807) is 7.05 Å². The smallest absolute Gasteiger partial charge is 0.252 e. The molecule has 0 saturated carbocycles. The van der Waals surface area contributed by atoms with E-state index >= 15 is 0 Å². The monoisotopic (exact) mass is 343 g/mol. The van der Waals surface area contributed by atoms with Gasteiger partial charge in [0.05, 0.1) is 0 Å². The molecule has 3 aromatic carbocycles. The maximum Gasteiger partial charge on any atom is 0.252 e. The van der Waals surface area contributed by atoms with Gasteiger partial charge in [-0.05, 0) is 22.8 Å². The van der Waals surface area contributed by atoms with Gasteiger partial charge in [0.2, 0.25) is 0 Å². The van der Waals surface area contributed by atoms with Crippen molar-refractivity contribution >= 4 is 11.7 Å². The minimum absolute atomic E-state index is 0.0943. The molecule has 0 heterocycles. The fraction of sp³-hybridized carbons (Fsp3) is 0.0909. The number of benzene rings is 3. The number of nitrogens with zero attached hydrogens (tertiary/aromatic N) is 1. The van der Waals surface area contributed by atoms with E-state index in [0.717, 1.165) is 22.3 Å². The minimum atomic E-state index is -0.0943. The first-order chi connectivity index (χ1) is 12.7. The summed E-state index contributed by atoms with van der Waals surface area (Å²) < 4.78 is 0. The average Bonchev–Trinajstić information content (AvgIpc) is 2.72. The number of rotatable bonds is 5. The van der Waals surface area contributed by atoms with Crippen LogP contribution >= 0.6 is 0 Å². The number of amides is 1. The second-order valence-electron chi connectivity index (χ2n) is 5.90. The summed E-state index contributed by atoms with van der Waals surface area (Å²) in [5, 5.41) is 2.99. The Morgan fingerprint density at radius 3 is 2.27 bits per heavy atom. The molecule has 3 N–H and O–H groups in total. The van der Waals surface area contributed by atoms with Gasteiger partial charge in [0, 0.05) is 24.7 Å². The number of aliphatic imine (C=N–C) groups is 1. The molecule has 4 heteroatoms. The second-order valence-corrected chi connectivity index (χ2v) is 5.90. The Morgan fingerprint density at radius 2 is 1.58 bits per heavy atom. The van der Waals surface area contributed by atoms with Crippen LogP contribution < -0.4 is 11.1 Å². The van der Waals surface area contributed by atoms with Gasteiger partial charge in [-0.1, -0.05) is 72.8 Å². The third-order valence-electron chi connectivity index (χ3n) is 4.20. The van der Waals surface area contributed by atoms with Gasteiger partial charge >= 0.3 is 0 Å². The molecule has 0 bridgehead atoms. The largest absolute Gasteiger partial charge is 0.384 e. The number of hydrogen-bond donors (Lipinski definition) is 2. The summed E-state index contributed by atoms with van der Waals surface area (Å²) in [6, 6.07) is 25.2. The van der Waals surface area contributed by atoms with Crippen molar-refractivity contribution < 1.29 is 4.79 Å². The third-order valence-corrected chi connectivity index (χ3v) is 4.20. The molecule has 0 radical (unpaired) electrons. The molecule has 1 amide bonds. The lowest BCUT2D eigenvalue weighted by Crippen LogP contribution is -2.23. The van der Waals surface area contributed by atoms with Crippen molar-refractivity contribution in [3.8, 4) is 11.1 Å². The van der Waals surface area contributed by atoms with Crippen LogP contribution in [0.2, 0.25) is 0 Å². The molecule has 0 aliphatic carbocycles. The molecule has 0 aliphatic rings. The second kappa shape index (κ2) is 8.12. The van der Waals surface area contributed by atoms with Gasteiger partial charge in [-0.25, -0.2) is 0 Å². The fourth-order valence-electron chi connectivity index (χ4n) is 2.75. The number of nitrogens with one attached hydrogen (secondary N) is 1. The summed E-state index contributed by atoms with van der Waals surface area (Å²) in [4.78, 5) is 16.6. The zero-order chi connectivity index (χ0) is 18.4. The maximum absolute atomic E-state index is 12.7. The summed E-state index contributed by atoms with van der Waals surface area (Å²) >= 11 is 0. The predicted molar refractivity (Wildman–Crippen MR) is 106 cm³/mol. The van der Waals surface area contributed by atoms with E-state index in [-0.39, 0.29) is 5.91 Å². The summed E-state index contributed by atoms with van der Waals surface area (Å²) in [7, 11) is 1.66. The summed E-state index contributed by atoms with van der Waals surface area (Å²) in [5.74, 6) is 0.403. The molecular weight excluding hydrogens is 322 g/mol. The van der Waals surface area contributed by atoms with Gasteiger partial charge in [-0.2, -0.15) is 0 Å². The highest BCUT2D eigenvalue weighted by Crippen LogP contribution is 2.23. The molecule has 4 nitrogen and oxygen atoms in total. The van der Waals surface area contributed by atoms with Gasteiger partial charge < -0.3 is 11.1 Å². The Morgan fingerprint density at radius 1 is 0.923 bits per heavy atom. The number of nitrogens with two attached hydrogens (primary N) is 1. The summed E-state index contributed by atoms with van der Waals surface area (Å²) in [5.41, 5.74) is 10.3. The highest BCUT2D eigenvalue weighted by atomic mass is 16.1. The Balaban J connectivity index is 1.73. The molecule has 0 spiro atoms. The molecule has 130 valence electrons. The highest BCUT2D eigenvalue weighted by Gasteiger charge is 2.11. The molecule has 0 atom stereocenters. The first-order valence-corrected chi connectivity index (χ1v) is 8.43. The zero-order valence-corrected chi connectivity index (χ0v) is 14.6. The van der Waals surface area contributed by atoms with Crippen LogP contribution in [0.5, 0.6) is 0 Å².